The Hall–Kier alpha value is -1.07. The lowest BCUT2D eigenvalue weighted by Crippen LogP contribution is -2.32. The fraction of sp³-hybridized carbons (Fsp3) is 0.417. The Morgan fingerprint density at radius 2 is 2.00 bits per heavy atom. The van der Waals surface area contributed by atoms with Crippen molar-refractivity contribution >= 4 is 39.7 Å². The number of halogens is 1. The van der Waals surface area contributed by atoms with Crippen molar-refractivity contribution in [1.82, 2.24) is 0 Å². The van der Waals surface area contributed by atoms with Gasteiger partial charge in [0.2, 0.25) is 5.91 Å². The molecule has 0 aliphatic carbocycles. The number of anilines is 2. The minimum absolute atomic E-state index is 0.0672. The average Bonchev–Trinajstić information content (AvgIpc) is 2.31. The molecule has 1 rings (SSSR count). The predicted molar refractivity (Wildman–Crippen MR) is 77.2 cm³/mol. The molecule has 1 aromatic carbocycles. The number of hydrogen-bond donors (Lipinski definition) is 2. The zero-order chi connectivity index (χ0) is 13.9. The van der Waals surface area contributed by atoms with Crippen molar-refractivity contribution in [3.8, 4) is 0 Å². The van der Waals surface area contributed by atoms with Crippen molar-refractivity contribution in [3.63, 3.8) is 0 Å². The van der Waals surface area contributed by atoms with Crippen LogP contribution in [0.1, 0.15) is 20.8 Å². The molecule has 0 aliphatic rings. The molecule has 4 nitrogen and oxygen atoms in total. The van der Waals surface area contributed by atoms with E-state index < -0.39 is 16.0 Å². The number of nitrogens with one attached hydrogen (secondary N) is 1. The number of nitrogen functional groups attached to an aromatic ring is 1. The van der Waals surface area contributed by atoms with Gasteiger partial charge in [-0.2, -0.15) is 0 Å². The minimum Gasteiger partial charge on any atom is -0.397 e. The molecule has 18 heavy (non-hydrogen) atoms. The third-order valence-electron chi connectivity index (χ3n) is 2.46. The van der Waals surface area contributed by atoms with Gasteiger partial charge in [-0.1, -0.05) is 25.4 Å². The summed E-state index contributed by atoms with van der Waals surface area (Å²) in [5, 5.41) is 2.47. The molecule has 6 heteroatoms. The maximum absolute atomic E-state index is 11.9. The third kappa shape index (κ3) is 3.71. The Balaban J connectivity index is 2.81. The zero-order valence-electron chi connectivity index (χ0n) is 10.6. The maximum Gasteiger partial charge on any atom is 0.239 e. The highest BCUT2D eigenvalue weighted by Gasteiger charge is 2.22. The van der Waals surface area contributed by atoms with E-state index in [2.05, 4.69) is 5.32 Å². The van der Waals surface area contributed by atoms with E-state index in [0.29, 0.717) is 16.4 Å². The van der Waals surface area contributed by atoms with Gasteiger partial charge in [0, 0.05) is 21.1 Å². The van der Waals surface area contributed by atoms with E-state index in [1.807, 2.05) is 13.8 Å². The lowest BCUT2D eigenvalue weighted by molar-refractivity contribution is -0.115. The number of benzene rings is 1. The van der Waals surface area contributed by atoms with Gasteiger partial charge in [0.15, 0.2) is 0 Å². The Morgan fingerprint density at radius 3 is 2.56 bits per heavy atom. The molecule has 0 aromatic heterocycles. The molecular weight excluding hydrogens is 272 g/mol. The van der Waals surface area contributed by atoms with Crippen LogP contribution in [0.15, 0.2) is 18.2 Å². The third-order valence-corrected chi connectivity index (χ3v) is 4.53. The molecule has 0 radical (unpaired) electrons. The van der Waals surface area contributed by atoms with Crippen LogP contribution < -0.4 is 11.1 Å². The lowest BCUT2D eigenvalue weighted by atomic mass is 10.2. The number of carbonyl (C=O) groups excluding carboxylic acids is 1. The van der Waals surface area contributed by atoms with E-state index in [4.69, 9.17) is 17.3 Å². The van der Waals surface area contributed by atoms with Crippen molar-refractivity contribution < 1.29 is 9.00 Å². The summed E-state index contributed by atoms with van der Waals surface area (Å²) in [6.45, 7) is 5.26. The van der Waals surface area contributed by atoms with Crippen LogP contribution in [0, 0.1) is 0 Å². The van der Waals surface area contributed by atoms with Crippen LogP contribution in [0.4, 0.5) is 11.4 Å². The van der Waals surface area contributed by atoms with E-state index in [0.717, 1.165) is 0 Å². The van der Waals surface area contributed by atoms with Crippen molar-refractivity contribution in [1.29, 1.82) is 0 Å². The fourth-order valence-corrected chi connectivity index (χ4v) is 2.64. The minimum atomic E-state index is -1.22. The van der Waals surface area contributed by atoms with Gasteiger partial charge in [0.25, 0.3) is 0 Å². The normalized spacial score (nSPS) is 14.3. The summed E-state index contributed by atoms with van der Waals surface area (Å²) in [6, 6.07) is 4.82. The fourth-order valence-electron chi connectivity index (χ4n) is 1.38. The molecule has 1 aromatic rings. The summed E-state index contributed by atoms with van der Waals surface area (Å²) in [4.78, 5) is 11.9. The van der Waals surface area contributed by atoms with Gasteiger partial charge in [-0.05, 0) is 25.1 Å². The second-order valence-electron chi connectivity index (χ2n) is 4.24. The van der Waals surface area contributed by atoms with Crippen LogP contribution in [0.25, 0.3) is 0 Å². The summed E-state index contributed by atoms with van der Waals surface area (Å²) in [7, 11) is -1.22. The Labute approximate surface area is 114 Å². The van der Waals surface area contributed by atoms with E-state index >= 15 is 0 Å². The molecule has 100 valence electrons. The largest absolute Gasteiger partial charge is 0.397 e. The van der Waals surface area contributed by atoms with E-state index in [1.165, 1.54) is 0 Å². The molecule has 1 amide bonds. The van der Waals surface area contributed by atoms with Crippen molar-refractivity contribution in [2.24, 2.45) is 0 Å². The number of nitrogens with two attached hydrogens (primary N) is 1. The predicted octanol–water partition coefficient (Wildman–Crippen LogP) is 2.41. The van der Waals surface area contributed by atoms with Gasteiger partial charge in [0.05, 0.1) is 11.4 Å². The standard InChI is InChI=1S/C12H17ClN2O2S/c1-7(2)18(17)8(3)12(16)15-11-6-9(13)4-5-10(11)14/h4-8H,14H2,1-3H3,(H,15,16). The smallest absolute Gasteiger partial charge is 0.239 e. The number of hydrogen-bond acceptors (Lipinski definition) is 3. The number of amides is 1. The highest BCUT2D eigenvalue weighted by molar-refractivity contribution is 7.87. The molecule has 0 heterocycles. The molecule has 0 spiro atoms. The summed E-state index contributed by atoms with van der Waals surface area (Å²) in [6.07, 6.45) is 0. The summed E-state index contributed by atoms with van der Waals surface area (Å²) in [5.74, 6) is -0.323. The van der Waals surface area contributed by atoms with Gasteiger partial charge in [-0.3, -0.25) is 9.00 Å². The van der Waals surface area contributed by atoms with Crippen LogP contribution >= 0.6 is 11.6 Å². The number of rotatable bonds is 4. The van der Waals surface area contributed by atoms with Gasteiger partial charge in [-0.15, -0.1) is 0 Å². The van der Waals surface area contributed by atoms with E-state index in [9.17, 15) is 9.00 Å². The van der Waals surface area contributed by atoms with Crippen molar-refractivity contribution in [2.75, 3.05) is 11.1 Å². The van der Waals surface area contributed by atoms with Gasteiger partial charge >= 0.3 is 0 Å². The topological polar surface area (TPSA) is 72.2 Å². The highest BCUT2D eigenvalue weighted by Crippen LogP contribution is 2.23. The molecule has 0 bridgehead atoms. The first kappa shape index (κ1) is 15.0. The van der Waals surface area contributed by atoms with Crippen LogP contribution in [0.3, 0.4) is 0 Å². The van der Waals surface area contributed by atoms with Gasteiger partial charge in [-0.25, -0.2) is 0 Å². The van der Waals surface area contributed by atoms with Crippen LogP contribution in [0.5, 0.6) is 0 Å². The van der Waals surface area contributed by atoms with Gasteiger partial charge in [0.1, 0.15) is 5.25 Å². The highest BCUT2D eigenvalue weighted by atomic mass is 35.5. The molecular formula is C12H17ClN2O2S. The second kappa shape index (κ2) is 6.20. The number of carbonyl (C=O) groups is 1. The molecule has 2 atom stereocenters. The van der Waals surface area contributed by atoms with Crippen LogP contribution in [-0.4, -0.2) is 20.6 Å². The van der Waals surface area contributed by atoms with Crippen molar-refractivity contribution in [3.05, 3.63) is 23.2 Å². The van der Waals surface area contributed by atoms with Crippen LogP contribution in [0.2, 0.25) is 5.02 Å². The Morgan fingerprint density at radius 1 is 1.39 bits per heavy atom. The Bertz CT molecular complexity index is 477. The molecule has 0 saturated heterocycles. The molecule has 0 fully saturated rings. The quantitative estimate of drug-likeness (QED) is 0.836. The summed E-state index contributed by atoms with van der Waals surface area (Å²) < 4.78 is 11.8. The van der Waals surface area contributed by atoms with E-state index in [1.54, 1.807) is 25.1 Å². The Kier molecular flexibility index (Phi) is 5.16. The SMILES string of the molecule is CC(C)S(=O)C(C)C(=O)Nc1cc(Cl)ccc1N. The molecule has 0 saturated carbocycles. The molecule has 0 aliphatic heterocycles. The first-order valence-corrected chi connectivity index (χ1v) is 7.23. The monoisotopic (exact) mass is 288 g/mol. The maximum atomic E-state index is 11.9. The summed E-state index contributed by atoms with van der Waals surface area (Å²) in [5.41, 5.74) is 6.60. The summed E-state index contributed by atoms with van der Waals surface area (Å²) >= 11 is 5.83. The van der Waals surface area contributed by atoms with E-state index in [-0.39, 0.29) is 11.2 Å². The lowest BCUT2D eigenvalue weighted by Gasteiger charge is -2.15. The average molecular weight is 289 g/mol. The first-order chi connectivity index (χ1) is 8.32. The molecule has 2 unspecified atom stereocenters. The molecule has 3 N–H and O–H groups in total. The van der Waals surface area contributed by atoms with Crippen LogP contribution in [-0.2, 0) is 15.6 Å². The van der Waals surface area contributed by atoms with Crippen molar-refractivity contribution in [2.45, 2.75) is 31.3 Å². The zero-order valence-corrected chi connectivity index (χ0v) is 12.1. The van der Waals surface area contributed by atoms with Gasteiger partial charge < -0.3 is 11.1 Å². The second-order valence-corrected chi connectivity index (χ2v) is 6.98. The first-order valence-electron chi connectivity index (χ1n) is 5.58.